The normalized spacial score (nSPS) is 14.4. The molecular formula is C58H38N6S3. The minimum atomic E-state index is 0.595. The second kappa shape index (κ2) is 16.7. The molecule has 8 aromatic carbocycles. The Kier molecular flexibility index (Phi) is 9.92. The van der Waals surface area contributed by atoms with Crippen LogP contribution in [0.2, 0.25) is 0 Å². The van der Waals surface area contributed by atoms with Crippen LogP contribution in [-0.4, -0.2) is 15.0 Å². The number of hydrogen-bond acceptors (Lipinski definition) is 9. The quantitative estimate of drug-likeness (QED) is 0.162. The molecule has 67 heavy (non-hydrogen) atoms. The van der Waals surface area contributed by atoms with Gasteiger partial charge in [0.05, 0.1) is 34.1 Å². The van der Waals surface area contributed by atoms with E-state index in [-0.39, 0.29) is 0 Å². The Morgan fingerprint density at radius 1 is 0.328 bits per heavy atom. The summed E-state index contributed by atoms with van der Waals surface area (Å²) in [6, 6.07) is 68.9. The topological polar surface area (TPSA) is 48.4 Å². The van der Waals surface area contributed by atoms with Gasteiger partial charge in [-0.2, -0.15) is 0 Å². The first-order chi connectivity index (χ1) is 33.2. The van der Waals surface area contributed by atoms with Crippen molar-refractivity contribution >= 4 is 80.8 Å². The maximum atomic E-state index is 5.36. The number of para-hydroxylation sites is 5. The minimum absolute atomic E-state index is 0.595. The summed E-state index contributed by atoms with van der Waals surface area (Å²) in [6.07, 6.45) is 9.85. The molecule has 0 saturated heterocycles. The SMILES string of the molecule is C1=CC2=C(C=CC1)N(c1cccc(-c3nc(-c4cccc(N5c6ccccc6Sc6ccccc65)c4)nc(-c4cccc(N5c6ccccc6Sc6ccccc65)c4)n3)c1)c1ccccc1S2. The lowest BCUT2D eigenvalue weighted by molar-refractivity contribution is 1.07. The molecule has 0 radical (unpaired) electrons. The highest BCUT2D eigenvalue weighted by Crippen LogP contribution is 2.54. The summed E-state index contributed by atoms with van der Waals surface area (Å²) in [6.45, 7) is 0. The summed E-state index contributed by atoms with van der Waals surface area (Å²) >= 11 is 5.43. The molecule has 0 spiro atoms. The number of rotatable bonds is 6. The van der Waals surface area contributed by atoms with Gasteiger partial charge in [0.2, 0.25) is 0 Å². The van der Waals surface area contributed by atoms with Crippen LogP contribution < -0.4 is 14.7 Å². The third kappa shape index (κ3) is 7.14. The Hall–Kier alpha value is -7.56. The Bertz CT molecular complexity index is 3290. The highest BCUT2D eigenvalue weighted by molar-refractivity contribution is 8.03. The lowest BCUT2D eigenvalue weighted by Crippen LogP contribution is -2.19. The van der Waals surface area contributed by atoms with E-state index in [1.165, 1.54) is 29.4 Å². The first-order valence-electron chi connectivity index (χ1n) is 22.2. The summed E-state index contributed by atoms with van der Waals surface area (Å²) in [5.74, 6) is 1.78. The molecule has 0 atom stereocenters. The Labute approximate surface area is 402 Å². The number of fused-ring (bicyclic) bond motifs is 5. The Balaban J connectivity index is 0.976. The second-order valence-corrected chi connectivity index (χ2v) is 19.6. The average Bonchev–Trinajstić information content (AvgIpc) is 3.64. The molecule has 4 aliphatic rings. The fourth-order valence-electron chi connectivity index (χ4n) is 9.21. The van der Waals surface area contributed by atoms with Crippen LogP contribution in [0.1, 0.15) is 6.42 Å². The van der Waals surface area contributed by atoms with E-state index in [1.807, 2.05) is 11.8 Å². The molecule has 13 rings (SSSR count). The summed E-state index contributed by atoms with van der Waals surface area (Å²) < 4.78 is 0. The molecule has 4 heterocycles. The van der Waals surface area contributed by atoms with Crippen molar-refractivity contribution in [1.82, 2.24) is 15.0 Å². The first kappa shape index (κ1) is 39.8. The van der Waals surface area contributed by atoms with E-state index in [9.17, 15) is 0 Å². The number of hydrogen-bond donors (Lipinski definition) is 0. The molecule has 9 heteroatoms. The van der Waals surface area contributed by atoms with Crippen LogP contribution in [0.25, 0.3) is 34.2 Å². The van der Waals surface area contributed by atoms with Gasteiger partial charge in [-0.25, -0.2) is 15.0 Å². The van der Waals surface area contributed by atoms with Crippen molar-refractivity contribution in [2.24, 2.45) is 0 Å². The Morgan fingerprint density at radius 3 is 1.09 bits per heavy atom. The molecule has 0 unspecified atom stereocenters. The molecule has 0 bridgehead atoms. The van der Waals surface area contributed by atoms with E-state index in [4.69, 9.17) is 15.0 Å². The van der Waals surface area contributed by atoms with Gasteiger partial charge in [-0.3, -0.25) is 0 Å². The summed E-state index contributed by atoms with van der Waals surface area (Å²) in [5.41, 5.74) is 12.6. The summed E-state index contributed by atoms with van der Waals surface area (Å²) in [5, 5.41) is 0. The standard InChI is InChI=1S/C58H38N6S3/c1-2-23-44-50(29-3-1)65-51-30-9-4-24-45(51)62(44)41-20-14-17-38(35-41)56-59-57(39-18-15-21-42(36-39)63-46-25-5-10-31-52(46)66-53-32-11-6-26-47(53)63)61-58(60-56)40-19-16-22-43(37-40)64-48-27-7-12-33-54(48)67-55-34-13-8-28-49(55)64/h2-37H,1H2. The van der Waals surface area contributed by atoms with Crippen molar-refractivity contribution in [1.29, 1.82) is 0 Å². The fourth-order valence-corrected chi connectivity index (χ4v) is 12.4. The largest absolute Gasteiger partial charge is 0.308 e. The molecule has 0 N–H and O–H groups in total. The smallest absolute Gasteiger partial charge is 0.164 e. The van der Waals surface area contributed by atoms with Crippen molar-refractivity contribution in [2.75, 3.05) is 14.7 Å². The van der Waals surface area contributed by atoms with Crippen LogP contribution in [0, 0.1) is 0 Å². The van der Waals surface area contributed by atoms with Crippen molar-refractivity contribution in [3.05, 3.63) is 229 Å². The molecule has 1 aliphatic carbocycles. The van der Waals surface area contributed by atoms with Crippen LogP contribution in [0.5, 0.6) is 0 Å². The molecule has 6 nitrogen and oxygen atoms in total. The van der Waals surface area contributed by atoms with Gasteiger partial charge in [-0.15, -0.1) is 0 Å². The highest BCUT2D eigenvalue weighted by atomic mass is 32.2. The number of anilines is 8. The predicted molar refractivity (Wildman–Crippen MR) is 278 cm³/mol. The van der Waals surface area contributed by atoms with E-state index in [0.29, 0.717) is 17.5 Å². The first-order valence-corrected chi connectivity index (χ1v) is 24.7. The number of benzene rings is 8. The molecule has 318 valence electrons. The third-order valence-electron chi connectivity index (χ3n) is 12.2. The second-order valence-electron chi connectivity index (χ2n) is 16.4. The predicted octanol–water partition coefficient (Wildman–Crippen LogP) is 16.7. The minimum Gasteiger partial charge on any atom is -0.308 e. The highest BCUT2D eigenvalue weighted by Gasteiger charge is 2.29. The van der Waals surface area contributed by atoms with Crippen LogP contribution in [0.3, 0.4) is 0 Å². The van der Waals surface area contributed by atoms with Crippen molar-refractivity contribution < 1.29 is 0 Å². The van der Waals surface area contributed by atoms with Crippen molar-refractivity contribution in [3.8, 4) is 34.2 Å². The van der Waals surface area contributed by atoms with Gasteiger partial charge >= 0.3 is 0 Å². The van der Waals surface area contributed by atoms with Gasteiger partial charge in [0.25, 0.3) is 0 Å². The zero-order valence-electron chi connectivity index (χ0n) is 35.9. The zero-order chi connectivity index (χ0) is 44.3. The molecule has 9 aromatic rings. The van der Waals surface area contributed by atoms with E-state index in [1.54, 1.807) is 23.5 Å². The molecule has 3 aliphatic heterocycles. The van der Waals surface area contributed by atoms with Gasteiger partial charge in [0.1, 0.15) is 0 Å². The fraction of sp³-hybridized carbons (Fsp3) is 0.0172. The maximum Gasteiger partial charge on any atom is 0.164 e. The average molecular weight is 915 g/mol. The molecule has 0 amide bonds. The third-order valence-corrected chi connectivity index (χ3v) is 15.6. The number of nitrogens with zero attached hydrogens (tertiary/aromatic N) is 6. The zero-order valence-corrected chi connectivity index (χ0v) is 38.3. The summed E-state index contributed by atoms with van der Waals surface area (Å²) in [4.78, 5) is 30.4. The maximum absolute atomic E-state index is 5.36. The molecule has 0 fully saturated rings. The van der Waals surface area contributed by atoms with Crippen LogP contribution in [0.15, 0.2) is 254 Å². The van der Waals surface area contributed by atoms with Gasteiger partial charge in [-0.05, 0) is 116 Å². The lowest BCUT2D eigenvalue weighted by Gasteiger charge is -2.33. The van der Waals surface area contributed by atoms with Crippen LogP contribution in [0.4, 0.5) is 45.5 Å². The summed E-state index contributed by atoms with van der Waals surface area (Å²) in [7, 11) is 0. The Morgan fingerprint density at radius 2 is 0.672 bits per heavy atom. The van der Waals surface area contributed by atoms with E-state index < -0.39 is 0 Å². The lowest BCUT2D eigenvalue weighted by atomic mass is 10.1. The monoisotopic (exact) mass is 914 g/mol. The van der Waals surface area contributed by atoms with Crippen molar-refractivity contribution in [2.45, 2.75) is 30.9 Å². The van der Waals surface area contributed by atoms with Crippen LogP contribution >= 0.6 is 35.3 Å². The van der Waals surface area contributed by atoms with Crippen molar-refractivity contribution in [3.63, 3.8) is 0 Å². The van der Waals surface area contributed by atoms with Gasteiger partial charge in [0.15, 0.2) is 17.5 Å². The number of allylic oxidation sites excluding steroid dienone is 4. The van der Waals surface area contributed by atoms with Gasteiger partial charge in [-0.1, -0.05) is 144 Å². The molecule has 1 aromatic heterocycles. The van der Waals surface area contributed by atoms with E-state index >= 15 is 0 Å². The number of thioether (sulfide) groups is 1. The van der Waals surface area contributed by atoms with E-state index in [0.717, 1.165) is 74.3 Å². The van der Waals surface area contributed by atoms with Gasteiger partial charge in [0, 0.05) is 63.1 Å². The van der Waals surface area contributed by atoms with E-state index in [2.05, 4.69) is 233 Å². The molecular weight excluding hydrogens is 877 g/mol. The van der Waals surface area contributed by atoms with Gasteiger partial charge < -0.3 is 14.7 Å². The van der Waals surface area contributed by atoms with Crippen LogP contribution in [-0.2, 0) is 0 Å². The molecule has 0 saturated carbocycles. The number of aromatic nitrogens is 3.